The highest BCUT2D eigenvalue weighted by molar-refractivity contribution is 5.62. The zero-order valence-electron chi connectivity index (χ0n) is 8.32. The summed E-state index contributed by atoms with van der Waals surface area (Å²) in [6, 6.07) is 9.82. The van der Waals surface area contributed by atoms with Crippen LogP contribution in [0.1, 0.15) is 25.0 Å². The van der Waals surface area contributed by atoms with Gasteiger partial charge in [0.25, 0.3) is 5.97 Å². The van der Waals surface area contributed by atoms with Crippen molar-refractivity contribution < 1.29 is 9.90 Å². The molecular formula is C11H13NO2. The van der Waals surface area contributed by atoms with Crippen LogP contribution in [0.2, 0.25) is 0 Å². The third-order valence-corrected chi connectivity index (χ3v) is 1.52. The summed E-state index contributed by atoms with van der Waals surface area (Å²) >= 11 is 0. The molecule has 0 fully saturated rings. The van der Waals surface area contributed by atoms with Gasteiger partial charge >= 0.3 is 0 Å². The summed E-state index contributed by atoms with van der Waals surface area (Å²) in [5.41, 5.74) is 1.93. The molecule has 1 aromatic carbocycles. The van der Waals surface area contributed by atoms with Crippen LogP contribution < -0.4 is 0 Å². The summed E-state index contributed by atoms with van der Waals surface area (Å²) in [6.07, 6.45) is 0.934. The van der Waals surface area contributed by atoms with Gasteiger partial charge in [-0.1, -0.05) is 25.1 Å². The van der Waals surface area contributed by atoms with Crippen molar-refractivity contribution in [3.05, 3.63) is 35.4 Å². The van der Waals surface area contributed by atoms with Gasteiger partial charge in [0.2, 0.25) is 0 Å². The Morgan fingerprint density at radius 3 is 2.36 bits per heavy atom. The Morgan fingerprint density at radius 1 is 1.50 bits per heavy atom. The Labute approximate surface area is 83.6 Å². The quantitative estimate of drug-likeness (QED) is 0.740. The highest BCUT2D eigenvalue weighted by Gasteiger charge is 1.94. The number of benzene rings is 1. The molecule has 1 N–H and O–H groups in total. The van der Waals surface area contributed by atoms with Crippen molar-refractivity contribution in [1.29, 1.82) is 5.26 Å². The van der Waals surface area contributed by atoms with Crippen molar-refractivity contribution in [3.8, 4) is 6.07 Å². The Balaban J connectivity index is 0.000000364. The van der Waals surface area contributed by atoms with Gasteiger partial charge in [0.05, 0.1) is 11.6 Å². The van der Waals surface area contributed by atoms with E-state index in [2.05, 4.69) is 13.0 Å². The predicted molar refractivity (Wildman–Crippen MR) is 53.8 cm³/mol. The molecule has 3 heteroatoms. The lowest BCUT2D eigenvalue weighted by molar-refractivity contribution is -0.134. The summed E-state index contributed by atoms with van der Waals surface area (Å²) in [5, 5.41) is 16.0. The molecule has 0 aromatic heterocycles. The van der Waals surface area contributed by atoms with Crippen LogP contribution >= 0.6 is 0 Å². The van der Waals surface area contributed by atoms with E-state index in [1.54, 1.807) is 0 Å². The minimum atomic E-state index is -0.833. The molecule has 0 saturated carbocycles. The van der Waals surface area contributed by atoms with Gasteiger partial charge in [-0.2, -0.15) is 5.26 Å². The van der Waals surface area contributed by atoms with Gasteiger partial charge in [0, 0.05) is 6.92 Å². The summed E-state index contributed by atoms with van der Waals surface area (Å²) < 4.78 is 0. The molecule has 0 unspecified atom stereocenters. The third-order valence-electron chi connectivity index (χ3n) is 1.52. The van der Waals surface area contributed by atoms with Crippen LogP contribution in [0.3, 0.4) is 0 Å². The van der Waals surface area contributed by atoms with Gasteiger partial charge in [-0.05, 0) is 18.1 Å². The van der Waals surface area contributed by atoms with Crippen LogP contribution in [-0.2, 0) is 11.2 Å². The number of aryl methyl sites for hydroxylation is 1. The summed E-state index contributed by atoms with van der Waals surface area (Å²) in [6.45, 7) is 3.14. The lowest BCUT2D eigenvalue weighted by Gasteiger charge is -1.96. The van der Waals surface area contributed by atoms with Gasteiger partial charge < -0.3 is 5.11 Å². The van der Waals surface area contributed by atoms with Crippen LogP contribution in [0.25, 0.3) is 0 Å². The van der Waals surface area contributed by atoms with Crippen LogP contribution in [-0.4, -0.2) is 11.1 Å². The van der Waals surface area contributed by atoms with Gasteiger partial charge in [0.15, 0.2) is 0 Å². The van der Waals surface area contributed by atoms with Crippen molar-refractivity contribution in [2.75, 3.05) is 0 Å². The van der Waals surface area contributed by atoms with E-state index in [0.717, 1.165) is 24.5 Å². The average molecular weight is 191 g/mol. The smallest absolute Gasteiger partial charge is 0.300 e. The average Bonchev–Trinajstić information content (AvgIpc) is 2.17. The van der Waals surface area contributed by atoms with E-state index in [0.29, 0.717) is 0 Å². The van der Waals surface area contributed by atoms with E-state index in [1.165, 1.54) is 0 Å². The van der Waals surface area contributed by atoms with Crippen LogP contribution in [0.4, 0.5) is 0 Å². The molecule has 0 amide bonds. The van der Waals surface area contributed by atoms with Crippen molar-refractivity contribution in [2.24, 2.45) is 0 Å². The lowest BCUT2D eigenvalue weighted by Crippen LogP contribution is -1.84. The molecule has 0 aliphatic heterocycles. The highest BCUT2D eigenvalue weighted by Crippen LogP contribution is 2.06. The van der Waals surface area contributed by atoms with Crippen molar-refractivity contribution in [2.45, 2.75) is 20.3 Å². The summed E-state index contributed by atoms with van der Waals surface area (Å²) in [5.74, 6) is -0.833. The summed E-state index contributed by atoms with van der Waals surface area (Å²) in [7, 11) is 0. The number of hydrogen-bond donors (Lipinski definition) is 1. The van der Waals surface area contributed by atoms with Crippen LogP contribution in [0.5, 0.6) is 0 Å². The second-order valence-electron chi connectivity index (χ2n) is 2.64. The first kappa shape index (κ1) is 12.2. The normalized spacial score (nSPS) is 8.07. The first-order valence-electron chi connectivity index (χ1n) is 4.29. The number of nitrogens with zero attached hydrogens (tertiary/aromatic N) is 1. The topological polar surface area (TPSA) is 61.1 Å². The molecule has 3 nitrogen and oxygen atoms in total. The minimum absolute atomic E-state index is 0.796. The van der Waals surface area contributed by atoms with E-state index >= 15 is 0 Å². The monoisotopic (exact) mass is 191 g/mol. The Hall–Kier alpha value is -1.82. The molecule has 74 valence electrons. The number of hydrogen-bond acceptors (Lipinski definition) is 2. The molecule has 0 atom stereocenters. The number of nitriles is 1. The predicted octanol–water partition coefficient (Wildman–Crippen LogP) is 2.21. The molecule has 0 aliphatic carbocycles. The molecule has 0 aliphatic rings. The van der Waals surface area contributed by atoms with E-state index < -0.39 is 5.97 Å². The van der Waals surface area contributed by atoms with Crippen LogP contribution in [0.15, 0.2) is 24.3 Å². The van der Waals surface area contributed by atoms with Gasteiger partial charge in [-0.15, -0.1) is 0 Å². The SMILES string of the molecule is CC(=O)O.CCc1ccccc1C#N. The molecule has 1 rings (SSSR count). The van der Waals surface area contributed by atoms with E-state index in [9.17, 15) is 0 Å². The first-order chi connectivity index (χ1) is 6.61. The largest absolute Gasteiger partial charge is 0.481 e. The van der Waals surface area contributed by atoms with Gasteiger partial charge in [-0.25, -0.2) is 0 Å². The standard InChI is InChI=1S/C9H9N.C2H4O2/c1-2-8-5-3-4-6-9(8)7-10;1-2(3)4/h3-6H,2H2,1H3;1H3,(H,3,4). The Kier molecular flexibility index (Phi) is 5.80. The molecule has 1 aromatic rings. The molecule has 0 saturated heterocycles. The number of carboxylic acids is 1. The zero-order valence-corrected chi connectivity index (χ0v) is 8.32. The Morgan fingerprint density at radius 2 is 2.00 bits per heavy atom. The fourth-order valence-corrected chi connectivity index (χ4v) is 0.938. The maximum atomic E-state index is 9.00. The molecule has 0 radical (unpaired) electrons. The van der Waals surface area contributed by atoms with Crippen LogP contribution in [0, 0.1) is 11.3 Å². The maximum absolute atomic E-state index is 9.00. The second kappa shape index (κ2) is 6.67. The maximum Gasteiger partial charge on any atom is 0.300 e. The number of carboxylic acid groups (broad SMARTS) is 1. The minimum Gasteiger partial charge on any atom is -0.481 e. The number of aliphatic carboxylic acids is 1. The Bertz CT molecular complexity index is 335. The van der Waals surface area contributed by atoms with Crippen molar-refractivity contribution in [1.82, 2.24) is 0 Å². The molecule has 0 bridgehead atoms. The van der Waals surface area contributed by atoms with E-state index in [1.807, 2.05) is 24.3 Å². The lowest BCUT2D eigenvalue weighted by atomic mass is 10.1. The fraction of sp³-hybridized carbons (Fsp3) is 0.273. The molecule has 14 heavy (non-hydrogen) atoms. The van der Waals surface area contributed by atoms with Crippen molar-refractivity contribution in [3.63, 3.8) is 0 Å². The van der Waals surface area contributed by atoms with Gasteiger partial charge in [-0.3, -0.25) is 4.79 Å². The molecular weight excluding hydrogens is 178 g/mol. The van der Waals surface area contributed by atoms with E-state index in [4.69, 9.17) is 15.2 Å². The number of rotatable bonds is 1. The van der Waals surface area contributed by atoms with Crippen molar-refractivity contribution >= 4 is 5.97 Å². The zero-order chi connectivity index (χ0) is 11.0. The number of carbonyl (C=O) groups is 1. The first-order valence-corrected chi connectivity index (χ1v) is 4.29. The van der Waals surface area contributed by atoms with Gasteiger partial charge in [0.1, 0.15) is 0 Å². The second-order valence-corrected chi connectivity index (χ2v) is 2.64. The molecule has 0 heterocycles. The third kappa shape index (κ3) is 4.94. The fourth-order valence-electron chi connectivity index (χ4n) is 0.938. The molecule has 0 spiro atoms. The van der Waals surface area contributed by atoms with E-state index in [-0.39, 0.29) is 0 Å². The summed E-state index contributed by atoms with van der Waals surface area (Å²) in [4.78, 5) is 9.00. The highest BCUT2D eigenvalue weighted by atomic mass is 16.4.